The topological polar surface area (TPSA) is 61.4 Å². The predicted octanol–water partition coefficient (Wildman–Crippen LogP) is 2.32. The largest absolute Gasteiger partial charge is 0.386 e. The van der Waals surface area contributed by atoms with Gasteiger partial charge in [-0.05, 0) is 23.4 Å². The van der Waals surface area contributed by atoms with Crippen LogP contribution in [0.5, 0.6) is 0 Å². The lowest BCUT2D eigenvalue weighted by Crippen LogP contribution is -2.38. The second kappa shape index (κ2) is 7.67. The molecular formula is C15H18N2O2S. The highest BCUT2D eigenvalue weighted by atomic mass is 32.1. The Labute approximate surface area is 122 Å². The fraction of sp³-hybridized carbons (Fsp3) is 0.267. The number of benzene rings is 1. The van der Waals surface area contributed by atoms with E-state index >= 15 is 0 Å². The first-order chi connectivity index (χ1) is 9.75. The molecule has 0 saturated carbocycles. The summed E-state index contributed by atoms with van der Waals surface area (Å²) in [6.45, 7) is 0.794. The van der Waals surface area contributed by atoms with Crippen molar-refractivity contribution in [2.24, 2.45) is 0 Å². The van der Waals surface area contributed by atoms with E-state index in [4.69, 9.17) is 0 Å². The van der Waals surface area contributed by atoms with E-state index in [0.29, 0.717) is 6.54 Å². The summed E-state index contributed by atoms with van der Waals surface area (Å²) in [5, 5.41) is 17.2. The summed E-state index contributed by atoms with van der Waals surface area (Å²) in [6, 6.07) is 13.5. The van der Waals surface area contributed by atoms with Gasteiger partial charge in [0.1, 0.15) is 6.10 Å². The van der Waals surface area contributed by atoms with E-state index in [1.807, 2.05) is 47.8 Å². The number of rotatable bonds is 6. The molecule has 20 heavy (non-hydrogen) atoms. The van der Waals surface area contributed by atoms with Gasteiger partial charge in [-0.1, -0.05) is 36.4 Å². The van der Waals surface area contributed by atoms with Crippen molar-refractivity contribution in [3.8, 4) is 0 Å². The summed E-state index contributed by atoms with van der Waals surface area (Å²) < 4.78 is 0. The standard InChI is InChI=1S/C15H18N2O2S/c18-13(14-7-4-10-20-14)11-17-15(19)16-9-8-12-5-2-1-3-6-12/h1-7,10,13,18H,8-9,11H2,(H2,16,17,19)/t13-/m1/s1. The lowest BCUT2D eigenvalue weighted by Gasteiger charge is -2.11. The Bertz CT molecular complexity index is 514. The first-order valence-corrected chi connectivity index (χ1v) is 7.41. The predicted molar refractivity (Wildman–Crippen MR) is 80.8 cm³/mol. The van der Waals surface area contributed by atoms with Crippen LogP contribution in [0, 0.1) is 0 Å². The van der Waals surface area contributed by atoms with Crippen LogP contribution >= 0.6 is 11.3 Å². The molecule has 5 heteroatoms. The van der Waals surface area contributed by atoms with Gasteiger partial charge in [-0.15, -0.1) is 11.3 Å². The van der Waals surface area contributed by atoms with Gasteiger partial charge in [0.2, 0.25) is 0 Å². The molecule has 2 amide bonds. The number of aliphatic hydroxyl groups excluding tert-OH is 1. The molecule has 2 rings (SSSR count). The maximum Gasteiger partial charge on any atom is 0.314 e. The summed E-state index contributed by atoms with van der Waals surface area (Å²) in [5.74, 6) is 0. The second-order valence-corrected chi connectivity index (χ2v) is 5.38. The fourth-order valence-electron chi connectivity index (χ4n) is 1.80. The van der Waals surface area contributed by atoms with Crippen LogP contribution in [0.25, 0.3) is 0 Å². The van der Waals surface area contributed by atoms with E-state index in [2.05, 4.69) is 10.6 Å². The van der Waals surface area contributed by atoms with Gasteiger partial charge in [0.15, 0.2) is 0 Å². The Morgan fingerprint density at radius 2 is 1.95 bits per heavy atom. The van der Waals surface area contributed by atoms with Gasteiger partial charge in [-0.3, -0.25) is 0 Å². The van der Waals surface area contributed by atoms with Crippen LogP contribution in [0.15, 0.2) is 47.8 Å². The number of carbonyl (C=O) groups is 1. The molecule has 0 spiro atoms. The molecule has 4 nitrogen and oxygen atoms in total. The van der Waals surface area contributed by atoms with Gasteiger partial charge in [0.25, 0.3) is 0 Å². The lowest BCUT2D eigenvalue weighted by atomic mass is 10.1. The lowest BCUT2D eigenvalue weighted by molar-refractivity contribution is 0.176. The molecule has 0 bridgehead atoms. The minimum Gasteiger partial charge on any atom is -0.386 e. The summed E-state index contributed by atoms with van der Waals surface area (Å²) >= 11 is 1.48. The monoisotopic (exact) mass is 290 g/mol. The van der Waals surface area contributed by atoms with Crippen LogP contribution in [0.2, 0.25) is 0 Å². The summed E-state index contributed by atoms with van der Waals surface area (Å²) in [5.41, 5.74) is 1.19. The highest BCUT2D eigenvalue weighted by Crippen LogP contribution is 2.17. The van der Waals surface area contributed by atoms with E-state index in [-0.39, 0.29) is 12.6 Å². The average Bonchev–Trinajstić information content (AvgIpc) is 3.00. The van der Waals surface area contributed by atoms with Gasteiger partial charge < -0.3 is 15.7 Å². The van der Waals surface area contributed by atoms with Gasteiger partial charge in [-0.2, -0.15) is 0 Å². The Hall–Kier alpha value is -1.85. The van der Waals surface area contributed by atoms with E-state index in [1.54, 1.807) is 0 Å². The van der Waals surface area contributed by atoms with Crippen LogP contribution in [0.1, 0.15) is 16.5 Å². The number of hydrogen-bond acceptors (Lipinski definition) is 3. The number of thiophene rings is 1. The Balaban J connectivity index is 1.63. The van der Waals surface area contributed by atoms with E-state index < -0.39 is 6.10 Å². The number of urea groups is 1. The van der Waals surface area contributed by atoms with Gasteiger partial charge in [-0.25, -0.2) is 4.79 Å². The van der Waals surface area contributed by atoms with Gasteiger partial charge >= 0.3 is 6.03 Å². The molecule has 1 aromatic carbocycles. The maximum atomic E-state index is 11.6. The van der Waals surface area contributed by atoms with Crippen molar-refractivity contribution >= 4 is 17.4 Å². The first kappa shape index (κ1) is 14.6. The molecule has 3 N–H and O–H groups in total. The molecule has 0 aliphatic carbocycles. The molecule has 1 atom stereocenters. The van der Waals surface area contributed by atoms with Gasteiger partial charge in [0, 0.05) is 11.4 Å². The SMILES string of the molecule is O=C(NCCc1ccccc1)NC[C@@H](O)c1cccs1. The average molecular weight is 290 g/mol. The summed E-state index contributed by atoms with van der Waals surface area (Å²) in [4.78, 5) is 12.4. The van der Waals surface area contributed by atoms with Gasteiger partial charge in [0.05, 0.1) is 6.54 Å². The summed E-state index contributed by atoms with van der Waals surface area (Å²) in [7, 11) is 0. The molecule has 0 radical (unpaired) electrons. The third kappa shape index (κ3) is 4.68. The molecule has 0 aliphatic rings. The van der Waals surface area contributed by atoms with Crippen molar-refractivity contribution in [2.75, 3.05) is 13.1 Å². The molecule has 2 aromatic rings. The molecule has 0 aliphatic heterocycles. The van der Waals surface area contributed by atoms with Crippen LogP contribution < -0.4 is 10.6 Å². The molecule has 106 valence electrons. The van der Waals surface area contributed by atoms with Crippen molar-refractivity contribution in [1.82, 2.24) is 10.6 Å². The molecule has 1 aromatic heterocycles. The third-order valence-electron chi connectivity index (χ3n) is 2.87. The quantitative estimate of drug-likeness (QED) is 0.764. The van der Waals surface area contributed by atoms with E-state index in [9.17, 15) is 9.90 Å². The smallest absolute Gasteiger partial charge is 0.314 e. The number of hydrogen-bond donors (Lipinski definition) is 3. The zero-order chi connectivity index (χ0) is 14.2. The number of aliphatic hydroxyl groups is 1. The number of nitrogens with one attached hydrogen (secondary N) is 2. The molecule has 1 heterocycles. The normalized spacial score (nSPS) is 11.8. The number of carbonyl (C=O) groups excluding carboxylic acids is 1. The number of amides is 2. The van der Waals surface area contributed by atoms with E-state index in [0.717, 1.165) is 11.3 Å². The zero-order valence-corrected chi connectivity index (χ0v) is 11.9. The Morgan fingerprint density at radius 3 is 2.65 bits per heavy atom. The molecule has 0 fully saturated rings. The zero-order valence-electron chi connectivity index (χ0n) is 11.1. The van der Waals surface area contributed by atoms with Crippen molar-refractivity contribution in [2.45, 2.75) is 12.5 Å². The van der Waals surface area contributed by atoms with Crippen molar-refractivity contribution in [3.05, 3.63) is 58.3 Å². The second-order valence-electron chi connectivity index (χ2n) is 4.40. The maximum absolute atomic E-state index is 11.6. The highest BCUT2D eigenvalue weighted by molar-refractivity contribution is 7.10. The van der Waals surface area contributed by atoms with Crippen LogP contribution in [-0.4, -0.2) is 24.2 Å². The van der Waals surface area contributed by atoms with Crippen molar-refractivity contribution in [1.29, 1.82) is 0 Å². The summed E-state index contributed by atoms with van der Waals surface area (Å²) in [6.07, 6.45) is 0.150. The molecule has 0 unspecified atom stereocenters. The van der Waals surface area contributed by atoms with Crippen LogP contribution in [0.4, 0.5) is 4.79 Å². The molecular weight excluding hydrogens is 272 g/mol. The van der Waals surface area contributed by atoms with E-state index in [1.165, 1.54) is 16.9 Å². The fourth-order valence-corrected chi connectivity index (χ4v) is 2.51. The minimum absolute atomic E-state index is 0.220. The Kier molecular flexibility index (Phi) is 5.58. The van der Waals surface area contributed by atoms with Crippen LogP contribution in [-0.2, 0) is 6.42 Å². The Morgan fingerprint density at radius 1 is 1.15 bits per heavy atom. The van der Waals surface area contributed by atoms with Crippen LogP contribution in [0.3, 0.4) is 0 Å². The van der Waals surface area contributed by atoms with Crippen molar-refractivity contribution < 1.29 is 9.90 Å². The first-order valence-electron chi connectivity index (χ1n) is 6.53. The van der Waals surface area contributed by atoms with Crippen molar-refractivity contribution in [3.63, 3.8) is 0 Å². The minimum atomic E-state index is -0.644. The highest BCUT2D eigenvalue weighted by Gasteiger charge is 2.09. The third-order valence-corrected chi connectivity index (χ3v) is 3.84. The molecule has 0 saturated heterocycles.